The second-order valence-electron chi connectivity index (χ2n) is 11.9. The number of ether oxygens (including phenoxy) is 2. The number of rotatable bonds is 27. The third kappa shape index (κ3) is 23.9. The molecule has 0 aliphatic heterocycles. The van der Waals surface area contributed by atoms with Crippen LogP contribution in [0.3, 0.4) is 0 Å². The van der Waals surface area contributed by atoms with E-state index in [0.717, 1.165) is 38.7 Å². The van der Waals surface area contributed by atoms with Gasteiger partial charge in [0.05, 0.1) is 19.3 Å². The Kier molecular flexibility index (Phi) is 23.5. The number of carbonyl (C=O) groups is 2. The van der Waals surface area contributed by atoms with E-state index in [2.05, 4.69) is 33.0 Å². The number of Topliss-reactive ketones (excluding diaryl/α,β-unsaturated/α-hetero) is 1. The van der Waals surface area contributed by atoms with Crippen LogP contribution in [0.5, 0.6) is 0 Å². The summed E-state index contributed by atoms with van der Waals surface area (Å²) in [5.41, 5.74) is 0.0237. The molecule has 0 bridgehead atoms. The number of nitrogens with one attached hydrogen (secondary N) is 1. The number of hydrogen-bond donors (Lipinski definition) is 1. The van der Waals surface area contributed by atoms with Gasteiger partial charge in [0, 0.05) is 26.0 Å². The van der Waals surface area contributed by atoms with Crippen molar-refractivity contribution in [3.63, 3.8) is 0 Å². The largest absolute Gasteiger partial charge is 0.379 e. The lowest BCUT2D eigenvalue weighted by Gasteiger charge is -2.25. The minimum atomic E-state index is 0.0237. The summed E-state index contributed by atoms with van der Waals surface area (Å²) in [6.45, 7) is 15.4. The lowest BCUT2D eigenvalue weighted by atomic mass is 9.83. The number of ketones is 1. The first-order valence-corrected chi connectivity index (χ1v) is 15.7. The Bertz CT molecular complexity index is 549. The van der Waals surface area contributed by atoms with Crippen LogP contribution in [0.1, 0.15) is 151 Å². The van der Waals surface area contributed by atoms with Crippen LogP contribution in [-0.2, 0) is 19.1 Å². The SMILES string of the molecule is CCCCCCCCC(C)C(CCCCCCCC(=O)NCCCC(C)(C)CC(C)=O)OCCOCC. The van der Waals surface area contributed by atoms with Crippen LogP contribution >= 0.6 is 0 Å². The van der Waals surface area contributed by atoms with Gasteiger partial charge in [0.25, 0.3) is 0 Å². The lowest BCUT2D eigenvalue weighted by Crippen LogP contribution is -2.25. The molecule has 0 aromatic rings. The van der Waals surface area contributed by atoms with E-state index in [1.165, 1.54) is 64.2 Å². The van der Waals surface area contributed by atoms with E-state index in [4.69, 9.17) is 9.47 Å². The predicted molar refractivity (Wildman–Crippen MR) is 157 cm³/mol. The lowest BCUT2D eigenvalue weighted by molar-refractivity contribution is -0.121. The normalized spacial score (nSPS) is 13.5. The van der Waals surface area contributed by atoms with Gasteiger partial charge in [-0.3, -0.25) is 4.79 Å². The highest BCUT2D eigenvalue weighted by Gasteiger charge is 2.19. The maximum atomic E-state index is 12.1. The van der Waals surface area contributed by atoms with Gasteiger partial charge < -0.3 is 19.6 Å². The third-order valence-electron chi connectivity index (χ3n) is 7.38. The van der Waals surface area contributed by atoms with Gasteiger partial charge in [-0.15, -0.1) is 0 Å². The van der Waals surface area contributed by atoms with Crippen molar-refractivity contribution in [3.05, 3.63) is 0 Å². The van der Waals surface area contributed by atoms with Crippen molar-refractivity contribution in [2.45, 2.75) is 157 Å². The first kappa shape index (κ1) is 36.1. The molecule has 0 fully saturated rings. The van der Waals surface area contributed by atoms with Gasteiger partial charge in [0.15, 0.2) is 0 Å². The summed E-state index contributed by atoms with van der Waals surface area (Å²) in [6.07, 6.45) is 19.6. The van der Waals surface area contributed by atoms with E-state index in [1.807, 2.05) is 6.92 Å². The molecule has 0 aromatic carbocycles. The van der Waals surface area contributed by atoms with Gasteiger partial charge in [-0.25, -0.2) is 0 Å². The zero-order valence-corrected chi connectivity index (χ0v) is 25.6. The molecule has 2 unspecified atom stereocenters. The Morgan fingerprint density at radius 3 is 2.08 bits per heavy atom. The van der Waals surface area contributed by atoms with Gasteiger partial charge in [-0.1, -0.05) is 91.9 Å². The Morgan fingerprint density at radius 2 is 1.43 bits per heavy atom. The quantitative estimate of drug-likeness (QED) is 0.109. The Morgan fingerprint density at radius 1 is 0.811 bits per heavy atom. The molecular formula is C32H63NO4. The second kappa shape index (κ2) is 24.1. The molecule has 0 aromatic heterocycles. The van der Waals surface area contributed by atoms with Gasteiger partial charge in [-0.05, 0) is 57.3 Å². The molecule has 37 heavy (non-hydrogen) atoms. The molecule has 0 saturated carbocycles. The average Bonchev–Trinajstić information content (AvgIpc) is 2.83. The fourth-order valence-electron chi connectivity index (χ4n) is 5.17. The zero-order chi connectivity index (χ0) is 27.8. The van der Waals surface area contributed by atoms with Gasteiger partial charge in [0.2, 0.25) is 5.91 Å². The van der Waals surface area contributed by atoms with E-state index in [0.29, 0.717) is 44.6 Å². The fourth-order valence-corrected chi connectivity index (χ4v) is 5.17. The van der Waals surface area contributed by atoms with Crippen LogP contribution < -0.4 is 5.32 Å². The van der Waals surface area contributed by atoms with Crippen molar-refractivity contribution < 1.29 is 19.1 Å². The molecule has 0 heterocycles. The average molecular weight is 526 g/mol. The Balaban J connectivity index is 3.99. The molecule has 0 aliphatic rings. The van der Waals surface area contributed by atoms with Crippen LogP contribution in [0.15, 0.2) is 0 Å². The smallest absolute Gasteiger partial charge is 0.219 e. The highest BCUT2D eigenvalue weighted by Crippen LogP contribution is 2.26. The van der Waals surface area contributed by atoms with Crippen LogP contribution in [0, 0.1) is 11.3 Å². The summed E-state index contributed by atoms with van der Waals surface area (Å²) >= 11 is 0. The van der Waals surface area contributed by atoms with Crippen molar-refractivity contribution in [2.24, 2.45) is 11.3 Å². The Hall–Kier alpha value is -0.940. The summed E-state index contributed by atoms with van der Waals surface area (Å²) in [6, 6.07) is 0. The molecule has 5 nitrogen and oxygen atoms in total. The monoisotopic (exact) mass is 525 g/mol. The molecule has 220 valence electrons. The first-order valence-electron chi connectivity index (χ1n) is 15.7. The van der Waals surface area contributed by atoms with Crippen LogP contribution in [0.2, 0.25) is 0 Å². The molecule has 0 saturated heterocycles. The van der Waals surface area contributed by atoms with Crippen molar-refractivity contribution in [1.82, 2.24) is 5.32 Å². The highest BCUT2D eigenvalue weighted by molar-refractivity contribution is 5.76. The third-order valence-corrected chi connectivity index (χ3v) is 7.38. The maximum Gasteiger partial charge on any atom is 0.219 e. The van der Waals surface area contributed by atoms with Gasteiger partial charge >= 0.3 is 0 Å². The van der Waals surface area contributed by atoms with E-state index < -0.39 is 0 Å². The zero-order valence-electron chi connectivity index (χ0n) is 25.6. The summed E-state index contributed by atoms with van der Waals surface area (Å²) < 4.78 is 11.7. The summed E-state index contributed by atoms with van der Waals surface area (Å²) in [5, 5.41) is 3.05. The summed E-state index contributed by atoms with van der Waals surface area (Å²) in [7, 11) is 0. The first-order chi connectivity index (χ1) is 17.7. The van der Waals surface area contributed by atoms with E-state index >= 15 is 0 Å². The fraction of sp³-hybridized carbons (Fsp3) is 0.938. The maximum absolute atomic E-state index is 12.1. The Labute approximate surface area is 230 Å². The van der Waals surface area contributed by atoms with Crippen molar-refractivity contribution >= 4 is 11.7 Å². The highest BCUT2D eigenvalue weighted by atomic mass is 16.5. The number of amides is 1. The minimum Gasteiger partial charge on any atom is -0.379 e. The number of hydrogen-bond acceptors (Lipinski definition) is 4. The molecular weight excluding hydrogens is 462 g/mol. The summed E-state index contributed by atoms with van der Waals surface area (Å²) in [4.78, 5) is 23.4. The standard InChI is InChI=1S/C32H63NO4/c1-7-9-10-11-13-16-20-28(3)30(37-26-25-36-8-2)21-17-14-12-15-18-22-31(35)33-24-19-23-32(5,6)27-29(4)34/h28,30H,7-27H2,1-6H3,(H,33,35). The minimum absolute atomic E-state index is 0.0237. The topological polar surface area (TPSA) is 64.6 Å². The molecule has 2 atom stereocenters. The number of unbranched alkanes of at least 4 members (excludes halogenated alkanes) is 9. The second-order valence-corrected chi connectivity index (χ2v) is 11.9. The van der Waals surface area contributed by atoms with Gasteiger partial charge in [-0.2, -0.15) is 0 Å². The molecule has 0 aliphatic carbocycles. The van der Waals surface area contributed by atoms with Crippen LogP contribution in [0.25, 0.3) is 0 Å². The molecule has 0 rings (SSSR count). The van der Waals surface area contributed by atoms with Crippen molar-refractivity contribution in [3.8, 4) is 0 Å². The molecule has 0 radical (unpaired) electrons. The molecule has 0 spiro atoms. The molecule has 5 heteroatoms. The van der Waals surface area contributed by atoms with E-state index in [1.54, 1.807) is 6.92 Å². The molecule has 1 N–H and O–H groups in total. The van der Waals surface area contributed by atoms with E-state index in [-0.39, 0.29) is 17.1 Å². The van der Waals surface area contributed by atoms with Gasteiger partial charge in [0.1, 0.15) is 5.78 Å². The number of carbonyl (C=O) groups excluding carboxylic acids is 2. The predicted octanol–water partition coefficient (Wildman–Crippen LogP) is 8.43. The van der Waals surface area contributed by atoms with Crippen LogP contribution in [0.4, 0.5) is 0 Å². The van der Waals surface area contributed by atoms with E-state index in [9.17, 15) is 9.59 Å². The summed E-state index contributed by atoms with van der Waals surface area (Å²) in [5.74, 6) is 1.00. The molecule has 1 amide bonds. The van der Waals surface area contributed by atoms with Crippen molar-refractivity contribution in [2.75, 3.05) is 26.4 Å². The van der Waals surface area contributed by atoms with Crippen LogP contribution in [-0.4, -0.2) is 44.2 Å². The van der Waals surface area contributed by atoms with Crippen molar-refractivity contribution in [1.29, 1.82) is 0 Å².